The molecule has 3 nitrogen and oxygen atoms in total. The molecule has 1 heterocycles. The van der Waals surface area contributed by atoms with Crippen LogP contribution in [0.15, 0.2) is 47.4 Å². The summed E-state index contributed by atoms with van der Waals surface area (Å²) in [7, 11) is 0. The molecule has 0 aliphatic carbocycles. The van der Waals surface area contributed by atoms with Gasteiger partial charge in [0, 0.05) is 10.6 Å². The number of hydrogen-bond acceptors (Lipinski definition) is 5. The molecule has 108 valence electrons. The van der Waals surface area contributed by atoms with Crippen molar-refractivity contribution < 1.29 is 4.74 Å². The van der Waals surface area contributed by atoms with Crippen molar-refractivity contribution in [2.24, 2.45) is 0 Å². The van der Waals surface area contributed by atoms with E-state index in [0.717, 1.165) is 26.8 Å². The van der Waals surface area contributed by atoms with Crippen LogP contribution in [0.3, 0.4) is 0 Å². The summed E-state index contributed by atoms with van der Waals surface area (Å²) in [4.78, 5) is 5.85. The normalized spacial score (nSPS) is 10.8. The Morgan fingerprint density at radius 2 is 2.14 bits per heavy atom. The van der Waals surface area contributed by atoms with E-state index in [1.807, 2.05) is 25.1 Å². The summed E-state index contributed by atoms with van der Waals surface area (Å²) in [6.07, 6.45) is 2.08. The number of aromatic nitrogens is 1. The van der Waals surface area contributed by atoms with Gasteiger partial charge in [-0.05, 0) is 49.6 Å². The van der Waals surface area contributed by atoms with Gasteiger partial charge in [-0.1, -0.05) is 17.4 Å². The van der Waals surface area contributed by atoms with Crippen LogP contribution < -0.4 is 10.1 Å². The van der Waals surface area contributed by atoms with Crippen molar-refractivity contribution in [3.05, 3.63) is 42.5 Å². The molecule has 1 N–H and O–H groups in total. The predicted octanol–water partition coefficient (Wildman–Crippen LogP) is 5.16. The Bertz CT molecular complexity index is 755. The topological polar surface area (TPSA) is 34.1 Å². The van der Waals surface area contributed by atoms with E-state index in [9.17, 15) is 0 Å². The molecule has 3 aromatic rings. The van der Waals surface area contributed by atoms with Crippen LogP contribution in [0.4, 0.5) is 10.8 Å². The van der Waals surface area contributed by atoms with Crippen molar-refractivity contribution in [2.75, 3.05) is 18.2 Å². The number of hydrogen-bond donors (Lipinski definition) is 1. The molecular formula is C16H16N2OS2. The summed E-state index contributed by atoms with van der Waals surface area (Å²) in [6.45, 7) is 2.67. The van der Waals surface area contributed by atoms with Crippen LogP contribution in [-0.4, -0.2) is 17.8 Å². The highest BCUT2D eigenvalue weighted by Gasteiger charge is 2.06. The number of thiazole rings is 1. The SMILES string of the molecule is CCOc1ccc2nc(Nc3cccc(SC)c3)sc2c1. The van der Waals surface area contributed by atoms with Gasteiger partial charge in [0.1, 0.15) is 5.75 Å². The maximum absolute atomic E-state index is 5.53. The lowest BCUT2D eigenvalue weighted by molar-refractivity contribution is 0.341. The first-order chi connectivity index (χ1) is 10.3. The van der Waals surface area contributed by atoms with Crippen molar-refractivity contribution in [3.8, 4) is 5.75 Å². The molecule has 0 fully saturated rings. The molecule has 21 heavy (non-hydrogen) atoms. The summed E-state index contributed by atoms with van der Waals surface area (Å²) in [5, 5.41) is 4.27. The minimum Gasteiger partial charge on any atom is -0.494 e. The number of fused-ring (bicyclic) bond motifs is 1. The molecule has 0 aliphatic rings. The summed E-state index contributed by atoms with van der Waals surface area (Å²) in [5.41, 5.74) is 2.05. The van der Waals surface area contributed by atoms with Gasteiger partial charge in [0.25, 0.3) is 0 Å². The second-order valence-corrected chi connectivity index (χ2v) is 6.35. The molecule has 5 heteroatoms. The molecule has 0 atom stereocenters. The van der Waals surface area contributed by atoms with Crippen molar-refractivity contribution in [1.29, 1.82) is 0 Å². The zero-order chi connectivity index (χ0) is 14.7. The minimum absolute atomic E-state index is 0.677. The second kappa shape index (κ2) is 6.37. The minimum atomic E-state index is 0.677. The first-order valence-electron chi connectivity index (χ1n) is 6.73. The van der Waals surface area contributed by atoms with Crippen LogP contribution in [0.25, 0.3) is 10.2 Å². The van der Waals surface area contributed by atoms with E-state index in [-0.39, 0.29) is 0 Å². The predicted molar refractivity (Wildman–Crippen MR) is 92.3 cm³/mol. The van der Waals surface area contributed by atoms with Gasteiger partial charge in [0.05, 0.1) is 16.8 Å². The van der Waals surface area contributed by atoms with Gasteiger partial charge in [-0.3, -0.25) is 0 Å². The van der Waals surface area contributed by atoms with Crippen LogP contribution in [0, 0.1) is 0 Å². The van der Waals surface area contributed by atoms with Crippen molar-refractivity contribution in [3.63, 3.8) is 0 Å². The molecule has 3 rings (SSSR count). The third kappa shape index (κ3) is 3.31. The Morgan fingerprint density at radius 1 is 1.24 bits per heavy atom. The van der Waals surface area contributed by atoms with Gasteiger partial charge in [-0.25, -0.2) is 4.98 Å². The molecule has 0 spiro atoms. The largest absolute Gasteiger partial charge is 0.494 e. The fraction of sp³-hybridized carbons (Fsp3) is 0.188. The maximum atomic E-state index is 5.53. The number of anilines is 2. The van der Waals surface area contributed by atoms with Gasteiger partial charge >= 0.3 is 0 Å². The lowest BCUT2D eigenvalue weighted by Gasteiger charge is -2.03. The number of rotatable bonds is 5. The number of nitrogens with zero attached hydrogens (tertiary/aromatic N) is 1. The molecule has 0 aliphatic heterocycles. The summed E-state index contributed by atoms with van der Waals surface area (Å²) < 4.78 is 6.66. The third-order valence-corrected chi connectivity index (χ3v) is 4.65. The molecule has 1 aromatic heterocycles. The molecule has 0 bridgehead atoms. The zero-order valence-corrected chi connectivity index (χ0v) is 13.6. The quantitative estimate of drug-likeness (QED) is 0.659. The highest BCUT2D eigenvalue weighted by Crippen LogP contribution is 2.31. The molecule has 0 amide bonds. The van der Waals surface area contributed by atoms with Crippen LogP contribution in [0.2, 0.25) is 0 Å². The average Bonchev–Trinajstić information content (AvgIpc) is 2.89. The standard InChI is InChI=1S/C16H16N2OS2/c1-3-19-12-7-8-14-15(10-12)21-16(18-14)17-11-5-4-6-13(9-11)20-2/h4-10H,3H2,1-2H3,(H,17,18). The van der Waals surface area contributed by atoms with E-state index < -0.39 is 0 Å². The lowest BCUT2D eigenvalue weighted by atomic mass is 10.3. The second-order valence-electron chi connectivity index (χ2n) is 4.44. The van der Waals surface area contributed by atoms with Crippen LogP contribution >= 0.6 is 23.1 Å². The molecule has 2 aromatic carbocycles. The average molecular weight is 316 g/mol. The maximum Gasteiger partial charge on any atom is 0.188 e. The van der Waals surface area contributed by atoms with Gasteiger partial charge in [0.15, 0.2) is 5.13 Å². The van der Waals surface area contributed by atoms with Gasteiger partial charge in [-0.15, -0.1) is 11.8 Å². The number of benzene rings is 2. The molecule has 0 saturated heterocycles. The van der Waals surface area contributed by atoms with Gasteiger partial charge in [-0.2, -0.15) is 0 Å². The lowest BCUT2D eigenvalue weighted by Crippen LogP contribution is -1.90. The Hall–Kier alpha value is -1.72. The number of thioether (sulfide) groups is 1. The zero-order valence-electron chi connectivity index (χ0n) is 11.9. The van der Waals surface area contributed by atoms with E-state index in [0.29, 0.717) is 6.61 Å². The van der Waals surface area contributed by atoms with Crippen LogP contribution in [0.1, 0.15) is 6.92 Å². The molecular weight excluding hydrogens is 300 g/mol. The Labute approximate surface area is 132 Å². The van der Waals surface area contributed by atoms with E-state index in [1.165, 1.54) is 4.90 Å². The van der Waals surface area contributed by atoms with E-state index >= 15 is 0 Å². The smallest absolute Gasteiger partial charge is 0.188 e. The molecule has 0 radical (unpaired) electrons. The Balaban J connectivity index is 1.86. The van der Waals surface area contributed by atoms with Gasteiger partial charge < -0.3 is 10.1 Å². The third-order valence-electron chi connectivity index (χ3n) is 2.99. The van der Waals surface area contributed by atoms with Crippen molar-refractivity contribution in [1.82, 2.24) is 4.98 Å². The number of ether oxygens (including phenoxy) is 1. The van der Waals surface area contributed by atoms with E-state index in [4.69, 9.17) is 4.74 Å². The first-order valence-corrected chi connectivity index (χ1v) is 8.77. The monoisotopic (exact) mass is 316 g/mol. The highest BCUT2D eigenvalue weighted by atomic mass is 32.2. The Kier molecular flexibility index (Phi) is 4.31. The summed E-state index contributed by atoms with van der Waals surface area (Å²) in [6, 6.07) is 14.3. The fourth-order valence-electron chi connectivity index (χ4n) is 2.04. The Morgan fingerprint density at radius 3 is 2.95 bits per heavy atom. The van der Waals surface area contributed by atoms with Crippen LogP contribution in [0.5, 0.6) is 5.75 Å². The van der Waals surface area contributed by atoms with Crippen molar-refractivity contribution >= 4 is 44.1 Å². The molecule has 0 saturated carbocycles. The summed E-state index contributed by atoms with van der Waals surface area (Å²) in [5.74, 6) is 0.893. The van der Waals surface area contributed by atoms with Crippen molar-refractivity contribution in [2.45, 2.75) is 11.8 Å². The summed E-state index contributed by atoms with van der Waals surface area (Å²) >= 11 is 3.37. The van der Waals surface area contributed by atoms with Gasteiger partial charge in [0.2, 0.25) is 0 Å². The van der Waals surface area contributed by atoms with E-state index in [1.54, 1.807) is 23.1 Å². The van der Waals surface area contributed by atoms with Crippen LogP contribution in [-0.2, 0) is 0 Å². The number of nitrogens with one attached hydrogen (secondary N) is 1. The molecule has 0 unspecified atom stereocenters. The van der Waals surface area contributed by atoms with E-state index in [2.05, 4.69) is 40.8 Å². The first kappa shape index (κ1) is 14.2. The highest BCUT2D eigenvalue weighted by molar-refractivity contribution is 7.98. The fourth-order valence-corrected chi connectivity index (χ4v) is 3.41.